The van der Waals surface area contributed by atoms with Crippen LogP contribution in [-0.2, 0) is 16.1 Å². The van der Waals surface area contributed by atoms with E-state index in [0.717, 1.165) is 17.6 Å². The van der Waals surface area contributed by atoms with Crippen LogP contribution in [0.15, 0.2) is 47.3 Å². The minimum absolute atomic E-state index is 0.161. The van der Waals surface area contributed by atoms with Crippen LogP contribution in [0.25, 0.3) is 11.0 Å². The van der Waals surface area contributed by atoms with Crippen molar-refractivity contribution in [3.05, 3.63) is 64.1 Å². The van der Waals surface area contributed by atoms with E-state index in [4.69, 9.17) is 4.74 Å². The van der Waals surface area contributed by atoms with Gasteiger partial charge < -0.3 is 14.7 Å². The Morgan fingerprint density at radius 3 is 2.63 bits per heavy atom. The Bertz CT molecular complexity index is 1150. The number of methoxy groups -OCH3 is 1. The van der Waals surface area contributed by atoms with Crippen LogP contribution in [0.3, 0.4) is 0 Å². The zero-order valence-corrected chi connectivity index (χ0v) is 17.5. The lowest BCUT2D eigenvalue weighted by atomic mass is 9.96. The zero-order valence-electron chi connectivity index (χ0n) is 17.5. The smallest absolute Gasteiger partial charge is 0.329 e. The van der Waals surface area contributed by atoms with E-state index in [1.165, 1.54) is 23.9 Å². The Morgan fingerprint density at radius 1 is 1.20 bits per heavy atom. The lowest BCUT2D eigenvalue weighted by molar-refractivity contribution is -0.138. The highest BCUT2D eigenvalue weighted by molar-refractivity contribution is 5.77. The quantitative estimate of drug-likeness (QED) is 0.649. The van der Waals surface area contributed by atoms with Gasteiger partial charge in [0.1, 0.15) is 0 Å². The van der Waals surface area contributed by atoms with Gasteiger partial charge in [-0.1, -0.05) is 24.3 Å². The summed E-state index contributed by atoms with van der Waals surface area (Å²) in [5, 5.41) is 9.36. The number of likely N-dealkylation sites (N-methyl/N-ethyl adjacent to an activating group) is 1. The molecule has 7 nitrogen and oxygen atoms in total. The first-order chi connectivity index (χ1) is 14.4. The highest BCUT2D eigenvalue weighted by Gasteiger charge is 2.30. The number of nitrogens with zero attached hydrogens (tertiary/aromatic N) is 3. The number of carboxylic acids is 1. The van der Waals surface area contributed by atoms with E-state index < -0.39 is 12.0 Å². The number of benzene rings is 2. The van der Waals surface area contributed by atoms with Crippen LogP contribution in [0.1, 0.15) is 29.5 Å². The highest BCUT2D eigenvalue weighted by atomic mass is 16.5. The van der Waals surface area contributed by atoms with Crippen molar-refractivity contribution in [1.29, 1.82) is 0 Å². The number of aliphatic carboxylic acids is 1. The number of imidazole rings is 1. The molecule has 1 aliphatic rings. The van der Waals surface area contributed by atoms with Crippen LogP contribution in [0.5, 0.6) is 0 Å². The van der Waals surface area contributed by atoms with E-state index in [2.05, 4.69) is 37.1 Å². The zero-order chi connectivity index (χ0) is 21.4. The van der Waals surface area contributed by atoms with Gasteiger partial charge in [0.15, 0.2) is 0 Å². The SMILES string of the molecule is COCC(CC(=O)O)n1c(=O)n(CC2CN(C)c3cccc(C)c32)c2ccccc21. The Kier molecular flexibility index (Phi) is 5.39. The summed E-state index contributed by atoms with van der Waals surface area (Å²) in [4.78, 5) is 27.2. The fourth-order valence-corrected chi connectivity index (χ4v) is 4.80. The molecule has 0 bridgehead atoms. The van der Waals surface area contributed by atoms with Gasteiger partial charge in [0.2, 0.25) is 0 Å². The van der Waals surface area contributed by atoms with Crippen molar-refractivity contribution in [2.45, 2.75) is 31.8 Å². The number of aryl methyl sites for hydroxylation is 1. The summed E-state index contributed by atoms with van der Waals surface area (Å²) in [7, 11) is 3.60. The van der Waals surface area contributed by atoms with Crippen molar-refractivity contribution in [2.24, 2.45) is 0 Å². The number of ether oxygens (including phenoxy) is 1. The molecule has 7 heteroatoms. The van der Waals surface area contributed by atoms with Crippen LogP contribution in [0.4, 0.5) is 5.69 Å². The third-order valence-electron chi connectivity index (χ3n) is 6.02. The van der Waals surface area contributed by atoms with E-state index in [9.17, 15) is 14.7 Å². The summed E-state index contributed by atoms with van der Waals surface area (Å²) in [5.74, 6) is -0.772. The molecule has 2 heterocycles. The molecule has 1 N–H and O–H groups in total. The average Bonchev–Trinajstić information content (AvgIpc) is 3.17. The number of hydrogen-bond donors (Lipinski definition) is 1. The predicted molar refractivity (Wildman–Crippen MR) is 117 cm³/mol. The Morgan fingerprint density at radius 2 is 1.93 bits per heavy atom. The summed E-state index contributed by atoms with van der Waals surface area (Å²) in [6.45, 7) is 3.65. The molecule has 0 fully saturated rings. The maximum absolute atomic E-state index is 13.5. The van der Waals surface area contributed by atoms with Crippen molar-refractivity contribution < 1.29 is 14.6 Å². The first kappa shape index (κ1) is 20.2. The maximum Gasteiger partial charge on any atom is 0.329 e. The number of fused-ring (bicyclic) bond motifs is 2. The molecule has 3 aromatic rings. The van der Waals surface area contributed by atoms with E-state index in [0.29, 0.717) is 6.54 Å². The molecule has 4 rings (SSSR count). The van der Waals surface area contributed by atoms with Crippen LogP contribution >= 0.6 is 0 Å². The lowest BCUT2D eigenvalue weighted by Crippen LogP contribution is -2.32. The normalized spacial score (nSPS) is 16.8. The number of carbonyl (C=O) groups is 1. The van der Waals surface area contributed by atoms with Crippen LogP contribution in [-0.4, -0.2) is 47.5 Å². The van der Waals surface area contributed by atoms with Gasteiger partial charge in [-0.3, -0.25) is 13.9 Å². The van der Waals surface area contributed by atoms with Crippen LogP contribution < -0.4 is 10.6 Å². The number of para-hydroxylation sites is 2. The number of anilines is 1. The Labute approximate surface area is 175 Å². The molecular formula is C23H27N3O4. The van der Waals surface area contributed by atoms with Crippen molar-refractivity contribution >= 4 is 22.7 Å². The molecule has 1 aliphatic heterocycles. The van der Waals surface area contributed by atoms with Gasteiger partial charge in [-0.25, -0.2) is 4.79 Å². The molecule has 1 aromatic heterocycles. The van der Waals surface area contributed by atoms with Gasteiger partial charge >= 0.3 is 11.7 Å². The molecule has 0 saturated carbocycles. The fraction of sp³-hybridized carbons (Fsp3) is 0.391. The summed E-state index contributed by atoms with van der Waals surface area (Å²) in [6.07, 6.45) is -0.171. The molecule has 0 saturated heterocycles. The minimum Gasteiger partial charge on any atom is -0.481 e. The number of carboxylic acid groups (broad SMARTS) is 1. The van der Waals surface area contributed by atoms with E-state index >= 15 is 0 Å². The molecule has 0 spiro atoms. The van der Waals surface area contributed by atoms with E-state index in [1.807, 2.05) is 24.3 Å². The van der Waals surface area contributed by atoms with Crippen molar-refractivity contribution in [3.8, 4) is 0 Å². The summed E-state index contributed by atoms with van der Waals surface area (Å²) >= 11 is 0. The van der Waals surface area contributed by atoms with Crippen molar-refractivity contribution in [2.75, 3.05) is 32.2 Å². The monoisotopic (exact) mass is 409 g/mol. The standard InChI is InChI=1S/C23H27N3O4/c1-15-7-6-10-20-22(15)16(12-24(20)2)13-25-18-8-4-5-9-19(18)26(23(25)29)17(14-30-3)11-21(27)28/h4-10,16-17H,11-14H2,1-3H3,(H,27,28). The maximum atomic E-state index is 13.5. The average molecular weight is 409 g/mol. The third-order valence-corrected chi connectivity index (χ3v) is 6.02. The highest BCUT2D eigenvalue weighted by Crippen LogP contribution is 2.38. The van der Waals surface area contributed by atoms with Gasteiger partial charge in [-0.05, 0) is 36.2 Å². The molecule has 2 atom stereocenters. The molecule has 30 heavy (non-hydrogen) atoms. The first-order valence-electron chi connectivity index (χ1n) is 10.1. The number of aromatic nitrogens is 2. The van der Waals surface area contributed by atoms with Gasteiger partial charge in [0.25, 0.3) is 0 Å². The van der Waals surface area contributed by atoms with Crippen LogP contribution in [0, 0.1) is 6.92 Å². The minimum atomic E-state index is -0.956. The largest absolute Gasteiger partial charge is 0.481 e. The molecule has 2 unspecified atom stereocenters. The summed E-state index contributed by atoms with van der Waals surface area (Å²) < 4.78 is 8.62. The molecule has 0 aliphatic carbocycles. The van der Waals surface area contributed by atoms with E-state index in [1.54, 1.807) is 9.13 Å². The number of hydrogen-bond acceptors (Lipinski definition) is 4. The third kappa shape index (κ3) is 3.39. The molecule has 158 valence electrons. The molecule has 2 aromatic carbocycles. The van der Waals surface area contributed by atoms with Crippen molar-refractivity contribution in [3.63, 3.8) is 0 Å². The second-order valence-corrected chi connectivity index (χ2v) is 8.04. The lowest BCUT2D eigenvalue weighted by Gasteiger charge is -2.16. The Hall–Kier alpha value is -3.06. The summed E-state index contributed by atoms with van der Waals surface area (Å²) in [5.41, 5.74) is 5.08. The topological polar surface area (TPSA) is 76.7 Å². The second-order valence-electron chi connectivity index (χ2n) is 8.04. The van der Waals surface area contributed by atoms with Gasteiger partial charge in [0, 0.05) is 38.9 Å². The van der Waals surface area contributed by atoms with Gasteiger partial charge in [-0.15, -0.1) is 0 Å². The summed E-state index contributed by atoms with van der Waals surface area (Å²) in [6, 6.07) is 13.3. The Balaban J connectivity index is 1.81. The predicted octanol–water partition coefficient (Wildman–Crippen LogP) is 3.01. The molecular weight excluding hydrogens is 382 g/mol. The van der Waals surface area contributed by atoms with E-state index in [-0.39, 0.29) is 24.6 Å². The van der Waals surface area contributed by atoms with Gasteiger partial charge in [-0.2, -0.15) is 0 Å². The second kappa shape index (κ2) is 7.99. The molecule has 0 radical (unpaired) electrons. The van der Waals surface area contributed by atoms with Crippen LogP contribution in [0.2, 0.25) is 0 Å². The first-order valence-corrected chi connectivity index (χ1v) is 10.1. The van der Waals surface area contributed by atoms with Crippen molar-refractivity contribution in [1.82, 2.24) is 9.13 Å². The van der Waals surface area contributed by atoms with Gasteiger partial charge in [0.05, 0.1) is 30.1 Å². The number of rotatable bonds is 7. The molecule has 0 amide bonds. The fourth-order valence-electron chi connectivity index (χ4n) is 4.80.